The third-order valence-corrected chi connectivity index (χ3v) is 2.71. The predicted molar refractivity (Wildman–Crippen MR) is 62.3 cm³/mol. The van der Waals surface area contributed by atoms with Crippen molar-refractivity contribution >= 4 is 0 Å². The average molecular weight is 220 g/mol. The number of nitrogens with one attached hydrogen (secondary N) is 1. The van der Waals surface area contributed by atoms with Crippen LogP contribution in [-0.2, 0) is 6.54 Å². The zero-order valence-corrected chi connectivity index (χ0v) is 9.92. The van der Waals surface area contributed by atoms with Gasteiger partial charge in [-0.2, -0.15) is 5.26 Å². The first kappa shape index (κ1) is 12.7. The van der Waals surface area contributed by atoms with Gasteiger partial charge in [-0.05, 0) is 36.6 Å². The van der Waals surface area contributed by atoms with Gasteiger partial charge >= 0.3 is 0 Å². The summed E-state index contributed by atoms with van der Waals surface area (Å²) < 4.78 is 13.1. The van der Waals surface area contributed by atoms with Gasteiger partial charge in [-0.15, -0.1) is 0 Å². The molecule has 0 bridgehead atoms. The Morgan fingerprint density at radius 2 is 2.00 bits per heavy atom. The van der Waals surface area contributed by atoms with Crippen LogP contribution in [0.25, 0.3) is 0 Å². The highest BCUT2D eigenvalue weighted by Crippen LogP contribution is 2.09. The van der Waals surface area contributed by atoms with Crippen molar-refractivity contribution < 1.29 is 4.39 Å². The largest absolute Gasteiger partial charge is 0.310 e. The number of nitrogens with zero attached hydrogens (tertiary/aromatic N) is 1. The molecule has 1 aromatic rings. The summed E-state index contributed by atoms with van der Waals surface area (Å²) in [5, 5.41) is 12.0. The minimum atomic E-state index is -0.354. The fourth-order valence-electron chi connectivity index (χ4n) is 1.33. The van der Waals surface area contributed by atoms with Crippen LogP contribution in [0.5, 0.6) is 0 Å². The number of rotatable bonds is 4. The van der Waals surface area contributed by atoms with E-state index >= 15 is 0 Å². The summed E-state index contributed by atoms with van der Waals surface area (Å²) >= 11 is 0. The minimum absolute atomic E-state index is 0.354. The molecule has 0 aliphatic rings. The molecule has 1 atom stereocenters. The standard InChI is InChI=1S/C13H17FN2/c1-9(2)10(3)16-8-12-4-11(7-15)5-13(14)6-12/h4-6,9-10,16H,8H2,1-3H3. The molecule has 0 saturated heterocycles. The van der Waals surface area contributed by atoms with Crippen molar-refractivity contribution in [3.63, 3.8) is 0 Å². The molecule has 0 radical (unpaired) electrons. The van der Waals surface area contributed by atoms with E-state index in [9.17, 15) is 4.39 Å². The second kappa shape index (κ2) is 5.62. The van der Waals surface area contributed by atoms with Crippen LogP contribution in [0.3, 0.4) is 0 Å². The number of halogens is 1. The van der Waals surface area contributed by atoms with E-state index in [0.717, 1.165) is 5.56 Å². The van der Waals surface area contributed by atoms with Gasteiger partial charge in [0.05, 0.1) is 11.6 Å². The maximum absolute atomic E-state index is 13.1. The summed E-state index contributed by atoms with van der Waals surface area (Å²) in [6, 6.07) is 6.74. The van der Waals surface area contributed by atoms with Gasteiger partial charge in [0.15, 0.2) is 0 Å². The van der Waals surface area contributed by atoms with Gasteiger partial charge in [-0.3, -0.25) is 0 Å². The number of hydrogen-bond donors (Lipinski definition) is 1. The first-order valence-corrected chi connectivity index (χ1v) is 5.46. The van der Waals surface area contributed by atoms with Gasteiger partial charge < -0.3 is 5.32 Å². The van der Waals surface area contributed by atoms with Crippen molar-refractivity contribution in [2.45, 2.75) is 33.4 Å². The molecule has 16 heavy (non-hydrogen) atoms. The van der Waals surface area contributed by atoms with E-state index < -0.39 is 0 Å². The molecule has 0 fully saturated rings. The highest BCUT2D eigenvalue weighted by atomic mass is 19.1. The summed E-state index contributed by atoms with van der Waals surface area (Å²) in [4.78, 5) is 0. The van der Waals surface area contributed by atoms with Crippen LogP contribution in [0.4, 0.5) is 4.39 Å². The minimum Gasteiger partial charge on any atom is -0.310 e. The number of benzene rings is 1. The zero-order chi connectivity index (χ0) is 12.1. The van der Waals surface area contributed by atoms with Crippen molar-refractivity contribution in [2.75, 3.05) is 0 Å². The lowest BCUT2D eigenvalue weighted by Gasteiger charge is -2.17. The third kappa shape index (κ3) is 3.63. The van der Waals surface area contributed by atoms with E-state index in [0.29, 0.717) is 24.1 Å². The molecule has 2 nitrogen and oxygen atoms in total. The van der Waals surface area contributed by atoms with E-state index in [2.05, 4.69) is 26.1 Å². The van der Waals surface area contributed by atoms with Crippen LogP contribution in [0, 0.1) is 23.1 Å². The molecule has 1 unspecified atom stereocenters. The van der Waals surface area contributed by atoms with E-state index in [1.807, 2.05) is 6.07 Å². The van der Waals surface area contributed by atoms with Crippen molar-refractivity contribution in [1.29, 1.82) is 5.26 Å². The smallest absolute Gasteiger partial charge is 0.124 e. The zero-order valence-electron chi connectivity index (χ0n) is 9.92. The van der Waals surface area contributed by atoms with Crippen LogP contribution < -0.4 is 5.32 Å². The highest BCUT2D eigenvalue weighted by molar-refractivity contribution is 5.33. The second-order valence-corrected chi connectivity index (χ2v) is 4.37. The second-order valence-electron chi connectivity index (χ2n) is 4.37. The molecule has 0 spiro atoms. The van der Waals surface area contributed by atoms with Crippen LogP contribution in [0.1, 0.15) is 31.9 Å². The maximum Gasteiger partial charge on any atom is 0.124 e. The molecule has 0 aliphatic heterocycles. The molecule has 0 saturated carbocycles. The Hall–Kier alpha value is -1.40. The summed E-state index contributed by atoms with van der Waals surface area (Å²) in [6.07, 6.45) is 0. The summed E-state index contributed by atoms with van der Waals surface area (Å²) in [5.74, 6) is 0.178. The van der Waals surface area contributed by atoms with Gasteiger partial charge in [0.2, 0.25) is 0 Å². The molecule has 0 aromatic heterocycles. The fourth-order valence-corrected chi connectivity index (χ4v) is 1.33. The lowest BCUT2D eigenvalue weighted by molar-refractivity contribution is 0.425. The maximum atomic E-state index is 13.1. The highest BCUT2D eigenvalue weighted by Gasteiger charge is 2.06. The van der Waals surface area contributed by atoms with Gasteiger partial charge in [-0.1, -0.05) is 13.8 Å². The first-order chi connectivity index (χ1) is 7.52. The normalized spacial score (nSPS) is 12.5. The Morgan fingerprint density at radius 3 is 2.56 bits per heavy atom. The number of nitriles is 1. The Kier molecular flexibility index (Phi) is 4.45. The molecule has 0 amide bonds. The molecule has 3 heteroatoms. The Labute approximate surface area is 96.1 Å². The predicted octanol–water partition coefficient (Wildman–Crippen LogP) is 2.83. The van der Waals surface area contributed by atoms with E-state index in [1.165, 1.54) is 12.1 Å². The van der Waals surface area contributed by atoms with Crippen molar-refractivity contribution in [3.05, 3.63) is 35.1 Å². The monoisotopic (exact) mass is 220 g/mol. The summed E-state index contributed by atoms with van der Waals surface area (Å²) in [5.41, 5.74) is 1.18. The first-order valence-electron chi connectivity index (χ1n) is 5.46. The molecular weight excluding hydrogens is 203 g/mol. The van der Waals surface area contributed by atoms with E-state index in [-0.39, 0.29) is 5.82 Å². The van der Waals surface area contributed by atoms with E-state index in [1.54, 1.807) is 6.07 Å². The lowest BCUT2D eigenvalue weighted by atomic mass is 10.1. The van der Waals surface area contributed by atoms with Gasteiger partial charge in [-0.25, -0.2) is 4.39 Å². The summed E-state index contributed by atoms with van der Waals surface area (Å²) in [7, 11) is 0. The Balaban J connectivity index is 2.68. The van der Waals surface area contributed by atoms with Crippen molar-refractivity contribution in [1.82, 2.24) is 5.32 Å². The third-order valence-electron chi connectivity index (χ3n) is 2.71. The van der Waals surface area contributed by atoms with Crippen molar-refractivity contribution in [3.8, 4) is 6.07 Å². The van der Waals surface area contributed by atoms with Crippen LogP contribution in [-0.4, -0.2) is 6.04 Å². The molecule has 1 rings (SSSR count). The molecule has 86 valence electrons. The van der Waals surface area contributed by atoms with Crippen LogP contribution in [0.2, 0.25) is 0 Å². The lowest BCUT2D eigenvalue weighted by Crippen LogP contribution is -2.30. The van der Waals surface area contributed by atoms with Crippen LogP contribution in [0.15, 0.2) is 18.2 Å². The topological polar surface area (TPSA) is 35.8 Å². The van der Waals surface area contributed by atoms with Gasteiger partial charge in [0.1, 0.15) is 5.82 Å². The van der Waals surface area contributed by atoms with Gasteiger partial charge in [0.25, 0.3) is 0 Å². The molecule has 0 aliphatic carbocycles. The van der Waals surface area contributed by atoms with Gasteiger partial charge in [0, 0.05) is 12.6 Å². The Morgan fingerprint density at radius 1 is 1.31 bits per heavy atom. The molecule has 1 aromatic carbocycles. The SMILES string of the molecule is CC(C)C(C)NCc1cc(F)cc(C#N)c1. The summed E-state index contributed by atoms with van der Waals surface area (Å²) in [6.45, 7) is 6.94. The molecular formula is C13H17FN2. The average Bonchev–Trinajstić information content (AvgIpc) is 2.24. The molecule has 0 heterocycles. The quantitative estimate of drug-likeness (QED) is 0.847. The van der Waals surface area contributed by atoms with Crippen LogP contribution >= 0.6 is 0 Å². The van der Waals surface area contributed by atoms with E-state index in [4.69, 9.17) is 5.26 Å². The molecule has 1 N–H and O–H groups in total. The van der Waals surface area contributed by atoms with Crippen molar-refractivity contribution in [2.24, 2.45) is 5.92 Å². The number of hydrogen-bond acceptors (Lipinski definition) is 2. The Bertz CT molecular complexity index is 393. The fraction of sp³-hybridized carbons (Fsp3) is 0.462.